The first-order chi connectivity index (χ1) is 5.66. The molecule has 0 rings (SSSR count). The van der Waals surface area contributed by atoms with E-state index in [0.717, 1.165) is 19.4 Å². The second-order valence-corrected chi connectivity index (χ2v) is 2.97. The summed E-state index contributed by atoms with van der Waals surface area (Å²) in [5.41, 5.74) is 0. The normalized spacial score (nSPS) is 9.50. The van der Waals surface area contributed by atoms with Crippen molar-refractivity contribution in [3.63, 3.8) is 0 Å². The Hall–Kier alpha value is -0.570. The summed E-state index contributed by atoms with van der Waals surface area (Å²) in [6.45, 7) is 2.33. The molecule has 70 valence electrons. The van der Waals surface area contributed by atoms with Crippen molar-refractivity contribution in [1.29, 1.82) is 5.41 Å². The number of ketones is 1. The van der Waals surface area contributed by atoms with Gasteiger partial charge in [-0.05, 0) is 19.8 Å². The molecule has 0 unspecified atom stereocenters. The van der Waals surface area contributed by atoms with Crippen molar-refractivity contribution in [3.8, 4) is 0 Å². The summed E-state index contributed by atoms with van der Waals surface area (Å²) in [4.78, 5) is 10.5. The van der Waals surface area contributed by atoms with Gasteiger partial charge in [-0.3, -0.25) is 5.41 Å². The van der Waals surface area contributed by atoms with Gasteiger partial charge in [0.15, 0.2) is 0 Å². The molecule has 3 nitrogen and oxygen atoms in total. The van der Waals surface area contributed by atoms with E-state index in [2.05, 4.69) is 5.32 Å². The summed E-state index contributed by atoms with van der Waals surface area (Å²) in [7, 11) is 0. The van der Waals surface area contributed by atoms with Gasteiger partial charge in [-0.2, -0.15) is 0 Å². The SMILES string of the molecule is CC(=O)CCCCNC(=N)CCl. The number of rotatable bonds is 6. The highest BCUT2D eigenvalue weighted by Crippen LogP contribution is 1.94. The molecule has 0 amide bonds. The molecule has 0 aliphatic heterocycles. The standard InChI is InChI=1S/C8H15ClN2O/c1-7(12)4-2-3-5-11-8(10)6-9/h2-6H2,1H3,(H2,10,11). The van der Waals surface area contributed by atoms with Crippen LogP contribution in [0.4, 0.5) is 0 Å². The molecule has 0 atom stereocenters. The first-order valence-electron chi connectivity index (χ1n) is 4.03. The summed E-state index contributed by atoms with van der Waals surface area (Å²) in [5.74, 6) is 0.800. The number of nitrogens with one attached hydrogen (secondary N) is 2. The Labute approximate surface area is 78.0 Å². The molecule has 2 N–H and O–H groups in total. The first-order valence-corrected chi connectivity index (χ1v) is 4.57. The van der Waals surface area contributed by atoms with E-state index in [1.165, 1.54) is 0 Å². The average Bonchev–Trinajstić information content (AvgIpc) is 2.03. The summed E-state index contributed by atoms with van der Waals surface area (Å²) in [5, 5.41) is 9.99. The summed E-state index contributed by atoms with van der Waals surface area (Å²) < 4.78 is 0. The number of hydrogen-bond donors (Lipinski definition) is 2. The average molecular weight is 191 g/mol. The fourth-order valence-corrected chi connectivity index (χ4v) is 0.880. The van der Waals surface area contributed by atoms with E-state index in [0.29, 0.717) is 12.3 Å². The second-order valence-electron chi connectivity index (χ2n) is 2.70. The molecule has 0 aromatic carbocycles. The Morgan fingerprint density at radius 3 is 2.67 bits per heavy atom. The fraction of sp³-hybridized carbons (Fsp3) is 0.750. The monoisotopic (exact) mass is 190 g/mol. The molecule has 0 aromatic heterocycles. The molecular formula is C8H15ClN2O. The number of amidine groups is 1. The molecule has 0 aliphatic carbocycles. The van der Waals surface area contributed by atoms with Gasteiger partial charge in [-0.15, -0.1) is 11.6 Å². The number of carbonyl (C=O) groups excluding carboxylic acids is 1. The van der Waals surface area contributed by atoms with Crippen molar-refractivity contribution in [3.05, 3.63) is 0 Å². The van der Waals surface area contributed by atoms with Crippen molar-refractivity contribution in [2.24, 2.45) is 0 Å². The Morgan fingerprint density at radius 2 is 2.17 bits per heavy atom. The van der Waals surface area contributed by atoms with Gasteiger partial charge in [0.2, 0.25) is 0 Å². The van der Waals surface area contributed by atoms with E-state index in [9.17, 15) is 4.79 Å². The van der Waals surface area contributed by atoms with Gasteiger partial charge in [0.1, 0.15) is 11.6 Å². The zero-order valence-electron chi connectivity index (χ0n) is 7.32. The maximum Gasteiger partial charge on any atom is 0.129 e. The van der Waals surface area contributed by atoms with Crippen LogP contribution >= 0.6 is 11.6 Å². The topological polar surface area (TPSA) is 53.0 Å². The highest BCUT2D eigenvalue weighted by atomic mass is 35.5. The third-order valence-corrected chi connectivity index (χ3v) is 1.69. The lowest BCUT2D eigenvalue weighted by Gasteiger charge is -2.03. The molecule has 0 aliphatic rings. The summed E-state index contributed by atoms with van der Waals surface area (Å²) in [6.07, 6.45) is 2.44. The molecule has 0 bridgehead atoms. The van der Waals surface area contributed by atoms with Crippen molar-refractivity contribution >= 4 is 23.2 Å². The predicted octanol–water partition coefficient (Wildman–Crippen LogP) is 1.55. The van der Waals surface area contributed by atoms with Crippen molar-refractivity contribution in [2.45, 2.75) is 26.2 Å². The molecule has 0 heterocycles. The van der Waals surface area contributed by atoms with Gasteiger partial charge >= 0.3 is 0 Å². The van der Waals surface area contributed by atoms with Crippen LogP contribution in [0.1, 0.15) is 26.2 Å². The van der Waals surface area contributed by atoms with Crippen LogP contribution in [-0.4, -0.2) is 24.0 Å². The van der Waals surface area contributed by atoms with E-state index >= 15 is 0 Å². The minimum atomic E-state index is 0.224. The van der Waals surface area contributed by atoms with Gasteiger partial charge in [-0.25, -0.2) is 0 Å². The van der Waals surface area contributed by atoms with Crippen LogP contribution in [0.5, 0.6) is 0 Å². The largest absolute Gasteiger partial charge is 0.373 e. The predicted molar refractivity (Wildman–Crippen MR) is 51.0 cm³/mol. The molecule has 0 saturated carbocycles. The molecular weight excluding hydrogens is 176 g/mol. The highest BCUT2D eigenvalue weighted by molar-refractivity contribution is 6.27. The van der Waals surface area contributed by atoms with E-state index in [1.54, 1.807) is 6.92 Å². The highest BCUT2D eigenvalue weighted by Gasteiger charge is 1.94. The number of hydrogen-bond acceptors (Lipinski definition) is 2. The third kappa shape index (κ3) is 7.54. The Bertz CT molecular complexity index is 159. The minimum Gasteiger partial charge on any atom is -0.373 e. The van der Waals surface area contributed by atoms with Crippen LogP contribution in [0.2, 0.25) is 0 Å². The summed E-state index contributed by atoms with van der Waals surface area (Å²) in [6, 6.07) is 0. The van der Waals surface area contributed by atoms with Crippen LogP contribution in [0.15, 0.2) is 0 Å². The molecule has 0 spiro atoms. The zero-order chi connectivity index (χ0) is 9.40. The lowest BCUT2D eigenvalue weighted by molar-refractivity contribution is -0.117. The third-order valence-electron chi connectivity index (χ3n) is 1.43. The van der Waals surface area contributed by atoms with E-state index in [4.69, 9.17) is 17.0 Å². The van der Waals surface area contributed by atoms with E-state index in [1.807, 2.05) is 0 Å². The van der Waals surface area contributed by atoms with Crippen molar-refractivity contribution in [1.82, 2.24) is 5.32 Å². The minimum absolute atomic E-state index is 0.224. The maximum absolute atomic E-state index is 10.5. The number of unbranched alkanes of at least 4 members (excludes halogenated alkanes) is 1. The zero-order valence-corrected chi connectivity index (χ0v) is 8.08. The van der Waals surface area contributed by atoms with Crippen molar-refractivity contribution < 1.29 is 4.79 Å². The summed E-state index contributed by atoms with van der Waals surface area (Å²) >= 11 is 5.37. The van der Waals surface area contributed by atoms with Gasteiger partial charge in [0.05, 0.1) is 5.88 Å². The van der Waals surface area contributed by atoms with Crippen LogP contribution in [0.3, 0.4) is 0 Å². The number of carbonyl (C=O) groups is 1. The molecule has 0 saturated heterocycles. The van der Waals surface area contributed by atoms with Gasteiger partial charge < -0.3 is 10.1 Å². The second kappa shape index (κ2) is 7.10. The molecule has 0 radical (unpaired) electrons. The van der Waals surface area contributed by atoms with Gasteiger partial charge in [0.25, 0.3) is 0 Å². The van der Waals surface area contributed by atoms with Crippen LogP contribution in [0.25, 0.3) is 0 Å². The lowest BCUT2D eigenvalue weighted by atomic mass is 10.2. The van der Waals surface area contributed by atoms with Crippen LogP contribution in [0, 0.1) is 5.41 Å². The van der Waals surface area contributed by atoms with E-state index in [-0.39, 0.29) is 11.7 Å². The lowest BCUT2D eigenvalue weighted by Crippen LogP contribution is -2.24. The van der Waals surface area contributed by atoms with Gasteiger partial charge in [0, 0.05) is 13.0 Å². The Kier molecular flexibility index (Phi) is 6.76. The molecule has 12 heavy (non-hydrogen) atoms. The molecule has 0 aromatic rings. The Balaban J connectivity index is 3.11. The smallest absolute Gasteiger partial charge is 0.129 e. The number of Topliss-reactive ketones (excluding diaryl/α,β-unsaturated/α-hetero) is 1. The number of halogens is 1. The van der Waals surface area contributed by atoms with Crippen LogP contribution in [-0.2, 0) is 4.79 Å². The van der Waals surface area contributed by atoms with Crippen LogP contribution < -0.4 is 5.32 Å². The van der Waals surface area contributed by atoms with Crippen molar-refractivity contribution in [2.75, 3.05) is 12.4 Å². The van der Waals surface area contributed by atoms with E-state index < -0.39 is 0 Å². The van der Waals surface area contributed by atoms with Gasteiger partial charge in [-0.1, -0.05) is 0 Å². The Morgan fingerprint density at radius 1 is 1.50 bits per heavy atom. The fourth-order valence-electron chi connectivity index (χ4n) is 0.785. The first kappa shape index (κ1) is 11.4. The number of alkyl halides is 1. The molecule has 0 fully saturated rings. The molecule has 4 heteroatoms. The quantitative estimate of drug-likeness (QED) is 0.289. The maximum atomic E-state index is 10.5.